The highest BCUT2D eigenvalue weighted by molar-refractivity contribution is 7.22. The third-order valence-electron chi connectivity index (χ3n) is 6.83. The van der Waals surface area contributed by atoms with Gasteiger partial charge in [-0.25, -0.2) is 4.98 Å². The number of rotatable bonds is 6. The number of fused-ring (bicyclic) bond motifs is 2. The van der Waals surface area contributed by atoms with Gasteiger partial charge in [-0.2, -0.15) is 0 Å². The van der Waals surface area contributed by atoms with Crippen molar-refractivity contribution >= 4 is 55.7 Å². The Bertz CT molecular complexity index is 1650. The Morgan fingerprint density at radius 3 is 2.72 bits per heavy atom. The largest absolute Gasteiger partial charge is 0.507 e. The zero-order valence-corrected chi connectivity index (χ0v) is 22.9. The Hall–Kier alpha value is -3.88. The molecule has 9 heteroatoms. The minimum absolute atomic E-state index is 0.00595. The molecule has 4 aromatic rings. The van der Waals surface area contributed by atoms with E-state index >= 15 is 0 Å². The van der Waals surface area contributed by atoms with E-state index in [4.69, 9.17) is 21.1 Å². The summed E-state index contributed by atoms with van der Waals surface area (Å²) in [7, 11) is 0. The first-order valence-electron chi connectivity index (χ1n) is 12.7. The number of carbonyl (C=O) groups excluding carboxylic acids is 2. The number of amides is 1. The van der Waals surface area contributed by atoms with Crippen LogP contribution in [0.3, 0.4) is 0 Å². The maximum atomic E-state index is 13.5. The van der Waals surface area contributed by atoms with E-state index in [1.165, 1.54) is 16.2 Å². The lowest BCUT2D eigenvalue weighted by atomic mass is 9.94. The molecule has 2 aliphatic rings. The molecule has 1 fully saturated rings. The van der Waals surface area contributed by atoms with E-state index < -0.39 is 17.7 Å². The first-order chi connectivity index (χ1) is 18.8. The number of carbonyl (C=O) groups is 2. The lowest BCUT2D eigenvalue weighted by Crippen LogP contribution is -2.29. The number of thiazole rings is 1. The average Bonchev–Trinajstić information content (AvgIpc) is 3.59. The summed E-state index contributed by atoms with van der Waals surface area (Å²) in [6.07, 6.45) is 1.60. The van der Waals surface area contributed by atoms with E-state index in [9.17, 15) is 14.7 Å². The first-order valence-corrected chi connectivity index (χ1v) is 13.9. The van der Waals surface area contributed by atoms with Gasteiger partial charge in [0.05, 0.1) is 28.4 Å². The number of halogens is 1. The molecular weight excluding hydrogens is 536 g/mol. The van der Waals surface area contributed by atoms with Crippen molar-refractivity contribution < 1.29 is 24.2 Å². The van der Waals surface area contributed by atoms with Crippen molar-refractivity contribution in [3.63, 3.8) is 0 Å². The van der Waals surface area contributed by atoms with Crippen LogP contribution < -0.4 is 14.4 Å². The quantitative estimate of drug-likeness (QED) is 0.161. The van der Waals surface area contributed by atoms with Gasteiger partial charge in [-0.1, -0.05) is 42.0 Å². The van der Waals surface area contributed by atoms with E-state index in [2.05, 4.69) is 4.98 Å². The second-order valence-corrected chi connectivity index (χ2v) is 11.1. The fourth-order valence-corrected chi connectivity index (χ4v) is 6.29. The van der Waals surface area contributed by atoms with Gasteiger partial charge in [-0.15, -0.1) is 0 Å². The molecule has 1 aromatic heterocycles. The highest BCUT2D eigenvalue weighted by Crippen LogP contribution is 2.45. The summed E-state index contributed by atoms with van der Waals surface area (Å²) < 4.78 is 12.3. The maximum absolute atomic E-state index is 13.5. The van der Waals surface area contributed by atoms with Crippen molar-refractivity contribution in [1.82, 2.24) is 4.98 Å². The Labute approximate surface area is 234 Å². The number of nitrogens with zero attached hydrogens (tertiary/aromatic N) is 2. The van der Waals surface area contributed by atoms with Gasteiger partial charge in [0.15, 0.2) is 5.13 Å². The molecule has 1 amide bonds. The number of ketones is 1. The van der Waals surface area contributed by atoms with Crippen LogP contribution in [0.5, 0.6) is 11.5 Å². The minimum atomic E-state index is -0.885. The van der Waals surface area contributed by atoms with Crippen molar-refractivity contribution in [3.8, 4) is 11.5 Å². The molecule has 0 aliphatic carbocycles. The SMILES string of the molecule is CCCOc1ccc([C@H]2C(=C(O)c3ccc4c(c3)C[C@@H](C)O4)C(=O)C(=O)N2c2nc3ccc(Cl)cc3s2)cc1. The van der Waals surface area contributed by atoms with E-state index in [-0.39, 0.29) is 17.4 Å². The van der Waals surface area contributed by atoms with Crippen LogP contribution >= 0.6 is 22.9 Å². The molecule has 0 radical (unpaired) electrons. The number of hydrogen-bond donors (Lipinski definition) is 1. The van der Waals surface area contributed by atoms with Gasteiger partial charge in [0.1, 0.15) is 23.4 Å². The van der Waals surface area contributed by atoms with Crippen LogP contribution in [-0.2, 0) is 16.0 Å². The predicted molar refractivity (Wildman–Crippen MR) is 152 cm³/mol. The molecule has 3 aromatic carbocycles. The van der Waals surface area contributed by atoms with Crippen LogP contribution in [0.4, 0.5) is 5.13 Å². The maximum Gasteiger partial charge on any atom is 0.301 e. The molecule has 6 rings (SSSR count). The van der Waals surface area contributed by atoms with Crippen LogP contribution in [0.15, 0.2) is 66.2 Å². The number of aliphatic hydroxyl groups excluding tert-OH is 1. The summed E-state index contributed by atoms with van der Waals surface area (Å²) in [6.45, 7) is 4.58. The standard InChI is InChI=1S/C30H25ClN2O5S/c1-3-12-37-21-8-4-17(5-9-21)26-25(27(34)18-6-11-23-19(14-18)13-16(2)38-23)28(35)29(36)33(26)30-32-22-10-7-20(31)15-24(22)39-30/h4-11,14-16,26,34H,3,12-13H2,1-2H3/t16-,26+/m1/s1. The van der Waals surface area contributed by atoms with E-state index in [0.29, 0.717) is 45.6 Å². The number of benzene rings is 3. The summed E-state index contributed by atoms with van der Waals surface area (Å²) in [4.78, 5) is 33.1. The monoisotopic (exact) mass is 560 g/mol. The van der Waals surface area contributed by atoms with E-state index in [1.807, 2.05) is 32.0 Å². The summed E-state index contributed by atoms with van der Waals surface area (Å²) in [5.41, 5.74) is 2.71. The molecule has 198 valence electrons. The smallest absolute Gasteiger partial charge is 0.301 e. The highest BCUT2D eigenvalue weighted by Gasteiger charge is 2.48. The highest BCUT2D eigenvalue weighted by atomic mass is 35.5. The number of aromatic nitrogens is 1. The number of Topliss-reactive ketones (excluding diaryl/α,β-unsaturated/α-hetero) is 1. The Morgan fingerprint density at radius 2 is 1.95 bits per heavy atom. The van der Waals surface area contributed by atoms with Gasteiger partial charge in [0.25, 0.3) is 5.78 Å². The van der Waals surface area contributed by atoms with Crippen LogP contribution in [-0.4, -0.2) is 34.5 Å². The minimum Gasteiger partial charge on any atom is -0.507 e. The molecule has 0 spiro atoms. The molecule has 7 nitrogen and oxygen atoms in total. The molecule has 0 saturated carbocycles. The van der Waals surface area contributed by atoms with Crippen LogP contribution in [0.25, 0.3) is 16.0 Å². The Morgan fingerprint density at radius 1 is 1.15 bits per heavy atom. The fraction of sp³-hybridized carbons (Fsp3) is 0.233. The normalized spacial score (nSPS) is 19.9. The van der Waals surface area contributed by atoms with Crippen LogP contribution in [0.1, 0.15) is 43.0 Å². The lowest BCUT2D eigenvalue weighted by molar-refractivity contribution is -0.132. The topological polar surface area (TPSA) is 89.0 Å². The first kappa shape index (κ1) is 25.4. The number of ether oxygens (including phenoxy) is 2. The third-order valence-corrected chi connectivity index (χ3v) is 8.08. The summed E-state index contributed by atoms with van der Waals surface area (Å²) in [5.74, 6) is -0.326. The summed E-state index contributed by atoms with van der Waals surface area (Å²) in [5, 5.41) is 12.4. The molecule has 0 bridgehead atoms. The van der Waals surface area contributed by atoms with Gasteiger partial charge in [0.2, 0.25) is 0 Å². The molecule has 1 saturated heterocycles. The predicted octanol–water partition coefficient (Wildman–Crippen LogP) is 6.69. The van der Waals surface area contributed by atoms with Crippen LogP contribution in [0, 0.1) is 0 Å². The summed E-state index contributed by atoms with van der Waals surface area (Å²) in [6, 6.07) is 16.9. The number of anilines is 1. The van der Waals surface area contributed by atoms with Crippen molar-refractivity contribution in [2.75, 3.05) is 11.5 Å². The molecule has 39 heavy (non-hydrogen) atoms. The molecule has 0 unspecified atom stereocenters. The van der Waals surface area contributed by atoms with Crippen molar-refractivity contribution in [1.29, 1.82) is 0 Å². The summed E-state index contributed by atoms with van der Waals surface area (Å²) >= 11 is 7.44. The number of aliphatic hydroxyl groups is 1. The molecule has 3 heterocycles. The van der Waals surface area contributed by atoms with Gasteiger partial charge >= 0.3 is 5.91 Å². The van der Waals surface area contributed by atoms with Gasteiger partial charge in [0, 0.05) is 17.0 Å². The Balaban J connectivity index is 1.49. The van der Waals surface area contributed by atoms with Gasteiger partial charge in [-0.3, -0.25) is 14.5 Å². The molecule has 2 atom stereocenters. The second kappa shape index (κ2) is 10.0. The van der Waals surface area contributed by atoms with Crippen molar-refractivity contribution in [2.24, 2.45) is 0 Å². The number of hydrogen-bond acceptors (Lipinski definition) is 7. The van der Waals surface area contributed by atoms with Gasteiger partial charge < -0.3 is 14.6 Å². The van der Waals surface area contributed by atoms with Crippen molar-refractivity contribution in [3.05, 3.63) is 87.9 Å². The zero-order valence-electron chi connectivity index (χ0n) is 21.3. The molecule has 1 N–H and O–H groups in total. The van der Waals surface area contributed by atoms with Gasteiger partial charge in [-0.05, 0) is 73.0 Å². The zero-order chi connectivity index (χ0) is 27.3. The molecular formula is C30H25ClN2O5S. The van der Waals surface area contributed by atoms with E-state index in [0.717, 1.165) is 22.4 Å². The molecule has 2 aliphatic heterocycles. The lowest BCUT2D eigenvalue weighted by Gasteiger charge is -2.23. The van der Waals surface area contributed by atoms with E-state index in [1.54, 1.807) is 42.5 Å². The Kier molecular flexibility index (Phi) is 6.53. The van der Waals surface area contributed by atoms with Crippen LogP contribution in [0.2, 0.25) is 5.02 Å². The second-order valence-electron chi connectivity index (χ2n) is 9.65. The van der Waals surface area contributed by atoms with Crippen molar-refractivity contribution in [2.45, 2.75) is 38.8 Å². The fourth-order valence-electron chi connectivity index (χ4n) is 5.03. The average molecular weight is 561 g/mol. The third kappa shape index (κ3) is 4.53.